The number of anilines is 3. The molecule has 0 saturated carbocycles. The van der Waals surface area contributed by atoms with Crippen molar-refractivity contribution in [1.29, 1.82) is 0 Å². The largest absolute Gasteiger partial charge is 0.461 e. The van der Waals surface area contributed by atoms with E-state index >= 15 is 0 Å². The van der Waals surface area contributed by atoms with Gasteiger partial charge >= 0.3 is 6.01 Å². The zero-order valence-corrected chi connectivity index (χ0v) is 24.5. The SMILES string of the molecule is C[C@@H](c1cccnc1N)N(C)c1nc(OCC23CCCN2CC(F)C3)nc2c1CO[C@@]1(CCCc3ccc(N)cc31)C2. The fraction of sp³-hybridized carbons (Fsp3) is 0.531. The molecule has 2 unspecified atom stereocenters. The molecule has 1 aromatic carbocycles. The van der Waals surface area contributed by atoms with Crippen LogP contribution in [-0.2, 0) is 29.8 Å². The molecule has 4 aliphatic rings. The standard InChI is InChI=1S/C32H40FN7O2/c1-20(24-7-4-12-36-28(24)35)39(2)29-25-18-42-32(11-3-6-21-8-9-23(34)14-26(21)32)16-27(25)37-30(38-29)41-19-31-10-5-13-40(31)17-22(33)15-31/h4,7-9,12,14,20,22H,3,5-6,10-11,13,15-19,34H2,1-2H3,(H2,35,36)/t20-,22?,31?,32-/m0/s1. The van der Waals surface area contributed by atoms with E-state index in [2.05, 4.69) is 33.8 Å². The Hall–Kier alpha value is -3.50. The van der Waals surface area contributed by atoms with Gasteiger partial charge in [-0.05, 0) is 74.9 Å². The smallest absolute Gasteiger partial charge is 0.318 e. The van der Waals surface area contributed by atoms with Gasteiger partial charge in [0, 0.05) is 49.4 Å². The maximum Gasteiger partial charge on any atom is 0.318 e. The number of nitrogens with two attached hydrogens (primary N) is 2. The van der Waals surface area contributed by atoms with Gasteiger partial charge in [-0.3, -0.25) is 4.90 Å². The minimum Gasteiger partial charge on any atom is -0.461 e. The Bertz CT molecular complexity index is 1500. The highest BCUT2D eigenvalue weighted by Gasteiger charge is 2.49. The first-order chi connectivity index (χ1) is 20.3. The number of halogens is 1. The van der Waals surface area contributed by atoms with E-state index in [0.29, 0.717) is 44.4 Å². The highest BCUT2D eigenvalue weighted by Crippen LogP contribution is 2.47. The maximum absolute atomic E-state index is 14.5. The lowest BCUT2D eigenvalue weighted by Crippen LogP contribution is -2.44. The van der Waals surface area contributed by atoms with E-state index in [1.165, 1.54) is 5.56 Å². The van der Waals surface area contributed by atoms with Gasteiger partial charge in [0.1, 0.15) is 24.4 Å². The van der Waals surface area contributed by atoms with Crippen LogP contribution >= 0.6 is 0 Å². The minimum atomic E-state index is -0.818. The Kier molecular flexibility index (Phi) is 6.73. The summed E-state index contributed by atoms with van der Waals surface area (Å²) in [5, 5.41) is 0. The molecule has 3 aliphatic heterocycles. The average molecular weight is 574 g/mol. The first kappa shape index (κ1) is 27.3. The zero-order valence-electron chi connectivity index (χ0n) is 24.5. The number of aryl methyl sites for hydroxylation is 1. The predicted octanol–water partition coefficient (Wildman–Crippen LogP) is 4.49. The zero-order chi connectivity index (χ0) is 29.1. The molecule has 1 aliphatic carbocycles. The topological polar surface area (TPSA) is 116 Å². The number of pyridine rings is 1. The second-order valence-corrected chi connectivity index (χ2v) is 12.6. The van der Waals surface area contributed by atoms with Crippen LogP contribution in [0.15, 0.2) is 36.5 Å². The third kappa shape index (κ3) is 4.55. The Morgan fingerprint density at radius 1 is 1.21 bits per heavy atom. The fourth-order valence-electron chi connectivity index (χ4n) is 7.77. The molecule has 9 nitrogen and oxygen atoms in total. The number of fused-ring (bicyclic) bond motifs is 4. The first-order valence-electron chi connectivity index (χ1n) is 15.1. The molecule has 2 aromatic heterocycles. The predicted molar refractivity (Wildman–Crippen MR) is 160 cm³/mol. The summed E-state index contributed by atoms with van der Waals surface area (Å²) in [6.07, 6.45) is 6.91. The van der Waals surface area contributed by atoms with Crippen LogP contribution in [-0.4, -0.2) is 58.3 Å². The van der Waals surface area contributed by atoms with Gasteiger partial charge in [-0.15, -0.1) is 0 Å². The first-order valence-corrected chi connectivity index (χ1v) is 15.1. The van der Waals surface area contributed by atoms with Crippen LogP contribution < -0.4 is 21.1 Å². The number of nitrogen functional groups attached to an aromatic ring is 2. The number of alkyl halides is 1. The number of benzene rings is 1. The Morgan fingerprint density at radius 3 is 2.95 bits per heavy atom. The van der Waals surface area contributed by atoms with Gasteiger partial charge in [0.2, 0.25) is 0 Å². The summed E-state index contributed by atoms with van der Waals surface area (Å²) in [4.78, 5) is 18.6. The maximum atomic E-state index is 14.5. The molecule has 2 saturated heterocycles. The molecule has 4 N–H and O–H groups in total. The highest BCUT2D eigenvalue weighted by atomic mass is 19.1. The van der Waals surface area contributed by atoms with E-state index in [0.717, 1.165) is 72.5 Å². The molecule has 2 fully saturated rings. The van der Waals surface area contributed by atoms with Crippen LogP contribution in [0.5, 0.6) is 6.01 Å². The molecule has 10 heteroatoms. The lowest BCUT2D eigenvalue weighted by Gasteiger charge is -2.43. The number of hydrogen-bond acceptors (Lipinski definition) is 9. The molecule has 7 rings (SSSR count). The summed E-state index contributed by atoms with van der Waals surface area (Å²) in [5.74, 6) is 1.24. The van der Waals surface area contributed by atoms with Crippen LogP contribution in [0.25, 0.3) is 0 Å². The van der Waals surface area contributed by atoms with E-state index in [4.69, 9.17) is 30.9 Å². The van der Waals surface area contributed by atoms with Crippen molar-refractivity contribution in [3.05, 3.63) is 64.5 Å². The van der Waals surface area contributed by atoms with Gasteiger partial charge in [-0.2, -0.15) is 9.97 Å². The quantitative estimate of drug-likeness (QED) is 0.412. The average Bonchev–Trinajstić information content (AvgIpc) is 3.51. The van der Waals surface area contributed by atoms with Crippen molar-refractivity contribution in [2.45, 2.75) is 81.8 Å². The lowest BCUT2D eigenvalue weighted by molar-refractivity contribution is -0.0855. The molecular formula is C32H40FN7O2. The van der Waals surface area contributed by atoms with E-state index in [1.807, 2.05) is 25.2 Å². The van der Waals surface area contributed by atoms with E-state index in [9.17, 15) is 4.39 Å². The molecule has 0 bridgehead atoms. The Balaban J connectivity index is 1.27. The molecule has 42 heavy (non-hydrogen) atoms. The third-order valence-electron chi connectivity index (χ3n) is 10.1. The summed E-state index contributed by atoms with van der Waals surface area (Å²) in [6, 6.07) is 10.3. The van der Waals surface area contributed by atoms with Crippen LogP contribution in [0.3, 0.4) is 0 Å². The van der Waals surface area contributed by atoms with Gasteiger partial charge in [0.05, 0.1) is 29.5 Å². The molecule has 222 valence electrons. The fourth-order valence-corrected chi connectivity index (χ4v) is 7.77. The van der Waals surface area contributed by atoms with Crippen molar-refractivity contribution in [2.24, 2.45) is 0 Å². The van der Waals surface area contributed by atoms with E-state index in [1.54, 1.807) is 6.20 Å². The number of nitrogens with zero attached hydrogens (tertiary/aromatic N) is 5. The summed E-state index contributed by atoms with van der Waals surface area (Å²) in [6.45, 7) is 4.23. The van der Waals surface area contributed by atoms with Crippen LogP contribution in [0, 0.1) is 0 Å². The molecule has 3 aromatic rings. The van der Waals surface area contributed by atoms with E-state index < -0.39 is 11.8 Å². The summed E-state index contributed by atoms with van der Waals surface area (Å²) >= 11 is 0. The third-order valence-corrected chi connectivity index (χ3v) is 10.1. The molecule has 5 heterocycles. The van der Waals surface area contributed by atoms with Crippen molar-refractivity contribution in [2.75, 3.05) is 43.1 Å². The summed E-state index contributed by atoms with van der Waals surface area (Å²) in [5.41, 5.74) is 17.7. The van der Waals surface area contributed by atoms with Gasteiger partial charge in [-0.25, -0.2) is 9.37 Å². The van der Waals surface area contributed by atoms with Crippen LogP contribution in [0.4, 0.5) is 21.7 Å². The van der Waals surface area contributed by atoms with Gasteiger partial charge in [0.15, 0.2) is 0 Å². The van der Waals surface area contributed by atoms with Crippen LogP contribution in [0.1, 0.15) is 73.0 Å². The van der Waals surface area contributed by atoms with Gasteiger partial charge < -0.3 is 25.8 Å². The monoisotopic (exact) mass is 573 g/mol. The number of aromatic nitrogens is 3. The van der Waals surface area contributed by atoms with Crippen molar-refractivity contribution in [3.8, 4) is 6.01 Å². The number of rotatable bonds is 6. The molecule has 0 amide bonds. The molecule has 4 atom stereocenters. The lowest BCUT2D eigenvalue weighted by atomic mass is 9.74. The second-order valence-electron chi connectivity index (χ2n) is 12.6. The molecular weight excluding hydrogens is 533 g/mol. The summed E-state index contributed by atoms with van der Waals surface area (Å²) in [7, 11) is 2.01. The second kappa shape index (κ2) is 10.3. The Morgan fingerprint density at radius 2 is 2.10 bits per heavy atom. The van der Waals surface area contributed by atoms with Gasteiger partial charge in [0.25, 0.3) is 0 Å². The highest BCUT2D eigenvalue weighted by molar-refractivity contribution is 5.56. The normalized spacial score (nSPS) is 27.4. The number of ether oxygens (including phenoxy) is 2. The van der Waals surface area contributed by atoms with Crippen LogP contribution in [0.2, 0.25) is 0 Å². The van der Waals surface area contributed by atoms with Crippen molar-refractivity contribution < 1.29 is 13.9 Å². The van der Waals surface area contributed by atoms with Crippen molar-refractivity contribution in [3.63, 3.8) is 0 Å². The van der Waals surface area contributed by atoms with Crippen molar-refractivity contribution in [1.82, 2.24) is 19.9 Å². The Labute approximate surface area is 246 Å². The summed E-state index contributed by atoms with van der Waals surface area (Å²) < 4.78 is 27.7. The van der Waals surface area contributed by atoms with Gasteiger partial charge in [-0.1, -0.05) is 12.1 Å². The van der Waals surface area contributed by atoms with E-state index in [-0.39, 0.29) is 11.6 Å². The van der Waals surface area contributed by atoms with Crippen molar-refractivity contribution >= 4 is 17.3 Å². The minimum absolute atomic E-state index is 0.109. The molecule has 1 spiro atoms. The molecule has 0 radical (unpaired) electrons. The number of hydrogen-bond donors (Lipinski definition) is 2.